The second kappa shape index (κ2) is 5.54. The van der Waals surface area contributed by atoms with Crippen molar-refractivity contribution < 1.29 is 0 Å². The van der Waals surface area contributed by atoms with Crippen LogP contribution in [0.2, 0.25) is 0 Å². The molecule has 112 valence electrons. The Labute approximate surface area is 130 Å². The summed E-state index contributed by atoms with van der Waals surface area (Å²) in [5, 5.41) is 10.6. The van der Waals surface area contributed by atoms with E-state index in [2.05, 4.69) is 64.8 Å². The molecule has 3 aromatic rings. The van der Waals surface area contributed by atoms with E-state index in [1.807, 2.05) is 4.68 Å². The van der Waals surface area contributed by atoms with Crippen molar-refractivity contribution in [3.05, 3.63) is 60.2 Å². The van der Waals surface area contributed by atoms with E-state index < -0.39 is 0 Å². The van der Waals surface area contributed by atoms with Crippen LogP contribution in [0.4, 0.5) is 0 Å². The van der Waals surface area contributed by atoms with Gasteiger partial charge in [0, 0.05) is 18.5 Å². The van der Waals surface area contributed by atoms with Crippen molar-refractivity contribution in [2.75, 3.05) is 0 Å². The number of benzene rings is 2. The Morgan fingerprint density at radius 2 is 2.05 bits per heavy atom. The van der Waals surface area contributed by atoms with Gasteiger partial charge in [0.25, 0.3) is 0 Å². The minimum atomic E-state index is 0.333. The predicted octanol–water partition coefficient (Wildman–Crippen LogP) is 3.10. The van der Waals surface area contributed by atoms with Crippen molar-refractivity contribution in [2.24, 2.45) is 0 Å². The molecular weight excluding hydrogens is 272 g/mol. The summed E-state index contributed by atoms with van der Waals surface area (Å²) in [6.45, 7) is 3.15. The molecule has 4 rings (SSSR count). The van der Waals surface area contributed by atoms with Gasteiger partial charge < -0.3 is 5.32 Å². The Balaban J connectivity index is 1.50. The van der Waals surface area contributed by atoms with Crippen LogP contribution < -0.4 is 5.32 Å². The maximum Gasteiger partial charge on any atom is 0.138 e. The average molecular weight is 292 g/mol. The van der Waals surface area contributed by atoms with Crippen LogP contribution in [0.5, 0.6) is 0 Å². The van der Waals surface area contributed by atoms with Crippen molar-refractivity contribution in [3.63, 3.8) is 0 Å². The number of nitrogens with zero attached hydrogens (tertiary/aromatic N) is 3. The normalized spacial score (nSPS) is 19.0. The van der Waals surface area contributed by atoms with Gasteiger partial charge in [-0.05, 0) is 35.7 Å². The van der Waals surface area contributed by atoms with E-state index in [0.29, 0.717) is 12.1 Å². The Morgan fingerprint density at radius 1 is 1.18 bits per heavy atom. The van der Waals surface area contributed by atoms with E-state index in [-0.39, 0.29) is 0 Å². The van der Waals surface area contributed by atoms with Gasteiger partial charge in [-0.3, -0.25) is 0 Å². The molecule has 2 aromatic carbocycles. The van der Waals surface area contributed by atoms with E-state index in [9.17, 15) is 0 Å². The number of hydrogen-bond acceptors (Lipinski definition) is 3. The third-order valence-corrected chi connectivity index (χ3v) is 4.56. The van der Waals surface area contributed by atoms with Gasteiger partial charge in [0.15, 0.2) is 0 Å². The van der Waals surface area contributed by atoms with Gasteiger partial charge in [0.1, 0.15) is 12.2 Å². The Kier molecular flexibility index (Phi) is 3.39. The summed E-state index contributed by atoms with van der Waals surface area (Å²) < 4.78 is 2.02. The number of fused-ring (bicyclic) bond motifs is 2. The topological polar surface area (TPSA) is 42.7 Å². The summed E-state index contributed by atoms with van der Waals surface area (Å²) in [4.78, 5) is 4.29. The van der Waals surface area contributed by atoms with Gasteiger partial charge in [-0.25, -0.2) is 9.67 Å². The molecule has 1 aliphatic rings. The molecule has 4 heteroatoms. The quantitative estimate of drug-likeness (QED) is 0.806. The fraction of sp³-hybridized carbons (Fsp3) is 0.333. The first-order chi connectivity index (χ1) is 10.8. The van der Waals surface area contributed by atoms with Gasteiger partial charge in [-0.15, -0.1) is 0 Å². The zero-order valence-corrected chi connectivity index (χ0v) is 12.7. The van der Waals surface area contributed by atoms with Crippen LogP contribution in [0, 0.1) is 0 Å². The predicted molar refractivity (Wildman–Crippen MR) is 87.6 cm³/mol. The van der Waals surface area contributed by atoms with Crippen LogP contribution in [0.1, 0.15) is 30.8 Å². The SMILES string of the molecule is C[C@H](N[C@H]1CCc2ncnn2C1)c1ccc2ccccc2c1. The molecule has 0 fully saturated rings. The molecule has 1 N–H and O–H groups in total. The average Bonchev–Trinajstić information content (AvgIpc) is 3.02. The molecule has 2 heterocycles. The molecule has 0 spiro atoms. The van der Waals surface area contributed by atoms with Crippen molar-refractivity contribution in [2.45, 2.75) is 38.4 Å². The first kappa shape index (κ1) is 13.5. The van der Waals surface area contributed by atoms with E-state index in [1.54, 1.807) is 6.33 Å². The number of aryl methyl sites for hydroxylation is 1. The van der Waals surface area contributed by atoms with Crippen LogP contribution in [-0.4, -0.2) is 20.8 Å². The van der Waals surface area contributed by atoms with Crippen molar-refractivity contribution >= 4 is 10.8 Å². The smallest absolute Gasteiger partial charge is 0.138 e. The highest BCUT2D eigenvalue weighted by Gasteiger charge is 2.21. The van der Waals surface area contributed by atoms with E-state index in [4.69, 9.17) is 0 Å². The molecular formula is C18H20N4. The summed E-state index contributed by atoms with van der Waals surface area (Å²) in [5.74, 6) is 1.11. The van der Waals surface area contributed by atoms with Crippen molar-refractivity contribution in [3.8, 4) is 0 Å². The summed E-state index contributed by atoms with van der Waals surface area (Å²) in [6.07, 6.45) is 3.78. The fourth-order valence-electron chi connectivity index (χ4n) is 3.30. The Morgan fingerprint density at radius 3 is 2.95 bits per heavy atom. The molecule has 1 aromatic heterocycles. The second-order valence-electron chi connectivity index (χ2n) is 6.09. The largest absolute Gasteiger partial charge is 0.306 e. The lowest BCUT2D eigenvalue weighted by molar-refractivity contribution is 0.335. The number of aromatic nitrogens is 3. The minimum Gasteiger partial charge on any atom is -0.306 e. The third-order valence-electron chi connectivity index (χ3n) is 4.56. The van der Waals surface area contributed by atoms with E-state index >= 15 is 0 Å². The molecule has 2 atom stereocenters. The standard InChI is InChI=1S/C18H20N4/c1-13(15-7-6-14-4-2-3-5-16(14)10-15)21-17-8-9-18-19-12-20-22(18)11-17/h2-7,10,12-13,17,21H,8-9,11H2,1H3/t13-,17-/m0/s1. The summed E-state index contributed by atoms with van der Waals surface area (Å²) >= 11 is 0. The van der Waals surface area contributed by atoms with Crippen LogP contribution in [0.3, 0.4) is 0 Å². The summed E-state index contributed by atoms with van der Waals surface area (Å²) in [6, 6.07) is 16.0. The molecule has 0 saturated carbocycles. The highest BCUT2D eigenvalue weighted by atomic mass is 15.3. The Hall–Kier alpha value is -2.20. The maximum absolute atomic E-state index is 4.29. The van der Waals surface area contributed by atoms with Crippen molar-refractivity contribution in [1.29, 1.82) is 0 Å². The van der Waals surface area contributed by atoms with Gasteiger partial charge in [0.05, 0.1) is 6.54 Å². The van der Waals surface area contributed by atoms with Crippen LogP contribution in [0.25, 0.3) is 10.8 Å². The monoisotopic (exact) mass is 292 g/mol. The lowest BCUT2D eigenvalue weighted by Crippen LogP contribution is -2.39. The van der Waals surface area contributed by atoms with Crippen LogP contribution in [0.15, 0.2) is 48.8 Å². The molecule has 0 radical (unpaired) electrons. The van der Waals surface area contributed by atoms with E-state index in [1.165, 1.54) is 16.3 Å². The third kappa shape index (κ3) is 2.50. The molecule has 0 unspecified atom stereocenters. The summed E-state index contributed by atoms with van der Waals surface area (Å²) in [7, 11) is 0. The molecule has 0 amide bonds. The van der Waals surface area contributed by atoms with Gasteiger partial charge >= 0.3 is 0 Å². The first-order valence-electron chi connectivity index (χ1n) is 7.91. The number of nitrogens with one attached hydrogen (secondary N) is 1. The highest BCUT2D eigenvalue weighted by Crippen LogP contribution is 2.22. The lowest BCUT2D eigenvalue weighted by Gasteiger charge is -2.27. The molecule has 0 bridgehead atoms. The van der Waals surface area contributed by atoms with Crippen LogP contribution in [-0.2, 0) is 13.0 Å². The van der Waals surface area contributed by atoms with Gasteiger partial charge in [0.2, 0.25) is 0 Å². The minimum absolute atomic E-state index is 0.333. The molecule has 4 nitrogen and oxygen atoms in total. The Bertz CT molecular complexity index is 792. The maximum atomic E-state index is 4.29. The van der Waals surface area contributed by atoms with Crippen LogP contribution >= 0.6 is 0 Å². The second-order valence-corrected chi connectivity index (χ2v) is 6.09. The van der Waals surface area contributed by atoms with E-state index in [0.717, 1.165) is 25.2 Å². The molecule has 1 aliphatic heterocycles. The zero-order chi connectivity index (χ0) is 14.9. The molecule has 22 heavy (non-hydrogen) atoms. The number of hydrogen-bond donors (Lipinski definition) is 1. The number of rotatable bonds is 3. The molecule has 0 saturated heterocycles. The zero-order valence-electron chi connectivity index (χ0n) is 12.7. The van der Waals surface area contributed by atoms with Crippen molar-refractivity contribution in [1.82, 2.24) is 20.1 Å². The first-order valence-corrected chi connectivity index (χ1v) is 7.91. The molecule has 0 aliphatic carbocycles. The lowest BCUT2D eigenvalue weighted by atomic mass is 10.0. The van der Waals surface area contributed by atoms with Gasteiger partial charge in [-0.1, -0.05) is 36.4 Å². The highest BCUT2D eigenvalue weighted by molar-refractivity contribution is 5.83. The summed E-state index contributed by atoms with van der Waals surface area (Å²) in [5.41, 5.74) is 1.34. The fourth-order valence-corrected chi connectivity index (χ4v) is 3.30. The van der Waals surface area contributed by atoms with Gasteiger partial charge in [-0.2, -0.15) is 5.10 Å².